The fourth-order valence-corrected chi connectivity index (χ4v) is 3.61. The summed E-state index contributed by atoms with van der Waals surface area (Å²) in [6.45, 7) is 0.330. The second kappa shape index (κ2) is 6.64. The van der Waals surface area contributed by atoms with Gasteiger partial charge in [0, 0.05) is 11.9 Å². The molecule has 3 rings (SSSR count). The Kier molecular flexibility index (Phi) is 4.57. The lowest BCUT2D eigenvalue weighted by molar-refractivity contribution is -0.143. The van der Waals surface area contributed by atoms with Crippen molar-refractivity contribution in [2.24, 2.45) is 0 Å². The number of hydrogen-bond acceptors (Lipinski definition) is 4. The summed E-state index contributed by atoms with van der Waals surface area (Å²) in [7, 11) is 0. The zero-order valence-corrected chi connectivity index (χ0v) is 13.4. The molecule has 24 heavy (non-hydrogen) atoms. The maximum absolute atomic E-state index is 13.8. The van der Waals surface area contributed by atoms with E-state index >= 15 is 0 Å². The highest BCUT2D eigenvalue weighted by Crippen LogP contribution is 2.30. The van der Waals surface area contributed by atoms with E-state index in [1.54, 1.807) is 0 Å². The third kappa shape index (κ3) is 3.01. The van der Waals surface area contributed by atoms with Gasteiger partial charge in [-0.15, -0.1) is 11.3 Å². The molecular weight excluding hydrogens is 338 g/mol. The van der Waals surface area contributed by atoms with E-state index in [1.807, 2.05) is 0 Å². The number of aromatic nitrogens is 1. The van der Waals surface area contributed by atoms with Crippen molar-refractivity contribution in [2.45, 2.75) is 25.3 Å². The third-order valence-corrected chi connectivity index (χ3v) is 4.81. The lowest BCUT2D eigenvalue weighted by Gasteiger charge is -2.32. The third-order valence-electron chi connectivity index (χ3n) is 3.95. The molecule has 1 aromatic heterocycles. The average molecular weight is 352 g/mol. The number of thiazole rings is 1. The molecule has 126 valence electrons. The normalized spacial score (nSPS) is 17.8. The van der Waals surface area contributed by atoms with Crippen LogP contribution < -0.4 is 0 Å². The lowest BCUT2D eigenvalue weighted by atomic mass is 10.0. The molecule has 0 saturated carbocycles. The van der Waals surface area contributed by atoms with Crippen LogP contribution in [0.3, 0.4) is 0 Å². The number of rotatable bonds is 3. The molecule has 1 N–H and O–H groups in total. The molecule has 0 radical (unpaired) electrons. The summed E-state index contributed by atoms with van der Waals surface area (Å²) in [6.07, 6.45) is 1.85. The number of carbonyl (C=O) groups is 2. The van der Waals surface area contributed by atoms with E-state index in [2.05, 4.69) is 4.98 Å². The van der Waals surface area contributed by atoms with Crippen molar-refractivity contribution in [3.05, 3.63) is 40.9 Å². The Balaban J connectivity index is 1.90. The molecule has 8 heteroatoms. The molecular formula is C16H14F2N2O3S. The number of carboxylic acid groups (broad SMARTS) is 1. The zero-order chi connectivity index (χ0) is 17.3. The lowest BCUT2D eigenvalue weighted by Crippen LogP contribution is -2.48. The topological polar surface area (TPSA) is 70.5 Å². The van der Waals surface area contributed by atoms with Gasteiger partial charge in [0.25, 0.3) is 5.91 Å². The number of likely N-dealkylation sites (tertiary alicyclic amines) is 1. The number of hydrogen-bond donors (Lipinski definition) is 1. The van der Waals surface area contributed by atoms with Crippen molar-refractivity contribution in [1.29, 1.82) is 0 Å². The van der Waals surface area contributed by atoms with Crippen LogP contribution in [0, 0.1) is 11.6 Å². The Bertz CT molecular complexity index is 773. The van der Waals surface area contributed by atoms with Crippen molar-refractivity contribution in [1.82, 2.24) is 9.88 Å². The van der Waals surface area contributed by atoms with Gasteiger partial charge in [-0.25, -0.2) is 18.6 Å². The van der Waals surface area contributed by atoms with Gasteiger partial charge in [0.15, 0.2) is 0 Å². The minimum absolute atomic E-state index is 0.00537. The standard InChI is InChI=1S/C16H14F2N2O3S/c17-9-4-3-5-10(18)13(9)14-19-11(8-24-14)15(21)20-7-2-1-6-12(20)16(22)23/h3-5,8,12H,1-2,6-7H2,(H,22,23). The molecule has 1 aliphatic rings. The first-order chi connectivity index (χ1) is 11.5. The number of amides is 1. The molecule has 1 amide bonds. The summed E-state index contributed by atoms with van der Waals surface area (Å²) in [4.78, 5) is 29.1. The minimum Gasteiger partial charge on any atom is -0.480 e. The van der Waals surface area contributed by atoms with Gasteiger partial charge >= 0.3 is 5.97 Å². The first kappa shape index (κ1) is 16.5. The van der Waals surface area contributed by atoms with Crippen molar-refractivity contribution < 1.29 is 23.5 Å². The van der Waals surface area contributed by atoms with Gasteiger partial charge in [-0.1, -0.05) is 6.07 Å². The molecule has 0 aliphatic carbocycles. The second-order valence-electron chi connectivity index (χ2n) is 5.48. The van der Waals surface area contributed by atoms with Crippen LogP contribution in [-0.2, 0) is 4.79 Å². The molecule has 1 fully saturated rings. The van der Waals surface area contributed by atoms with Crippen LogP contribution in [0.4, 0.5) is 8.78 Å². The van der Waals surface area contributed by atoms with E-state index in [1.165, 1.54) is 16.3 Å². The van der Waals surface area contributed by atoms with Crippen molar-refractivity contribution in [3.63, 3.8) is 0 Å². The molecule has 0 bridgehead atoms. The number of aliphatic carboxylic acids is 1. The van der Waals surface area contributed by atoms with E-state index in [0.29, 0.717) is 19.4 Å². The number of carboxylic acids is 1. The van der Waals surface area contributed by atoms with Gasteiger partial charge in [0.2, 0.25) is 0 Å². The van der Waals surface area contributed by atoms with Gasteiger partial charge < -0.3 is 10.0 Å². The van der Waals surface area contributed by atoms with Crippen LogP contribution in [0.15, 0.2) is 23.6 Å². The van der Waals surface area contributed by atoms with Gasteiger partial charge in [-0.2, -0.15) is 0 Å². The van der Waals surface area contributed by atoms with E-state index in [0.717, 1.165) is 29.9 Å². The van der Waals surface area contributed by atoms with Gasteiger partial charge in [-0.3, -0.25) is 4.79 Å². The maximum Gasteiger partial charge on any atom is 0.326 e. The average Bonchev–Trinajstić information content (AvgIpc) is 3.03. The monoisotopic (exact) mass is 352 g/mol. The predicted molar refractivity (Wildman–Crippen MR) is 83.8 cm³/mol. The Morgan fingerprint density at radius 2 is 1.96 bits per heavy atom. The molecule has 5 nitrogen and oxygen atoms in total. The highest BCUT2D eigenvalue weighted by atomic mass is 32.1. The largest absolute Gasteiger partial charge is 0.480 e. The second-order valence-corrected chi connectivity index (χ2v) is 6.34. The summed E-state index contributed by atoms with van der Waals surface area (Å²) in [6, 6.07) is 2.60. The molecule has 1 atom stereocenters. The first-order valence-electron chi connectivity index (χ1n) is 7.42. The Labute approximate surface area is 140 Å². The molecule has 1 aromatic carbocycles. The Morgan fingerprint density at radius 3 is 2.62 bits per heavy atom. The fraction of sp³-hybridized carbons (Fsp3) is 0.312. The molecule has 1 aliphatic heterocycles. The molecule has 1 saturated heterocycles. The summed E-state index contributed by atoms with van der Waals surface area (Å²) in [5.41, 5.74) is -0.277. The van der Waals surface area contributed by atoms with Crippen LogP contribution in [0.2, 0.25) is 0 Å². The quantitative estimate of drug-likeness (QED) is 0.921. The number of piperidine rings is 1. The maximum atomic E-state index is 13.8. The minimum atomic E-state index is -1.06. The molecule has 1 unspecified atom stereocenters. The predicted octanol–water partition coefficient (Wildman–Crippen LogP) is 3.17. The van der Waals surface area contributed by atoms with Crippen LogP contribution >= 0.6 is 11.3 Å². The molecule has 2 heterocycles. The van der Waals surface area contributed by atoms with E-state index < -0.39 is 29.6 Å². The van der Waals surface area contributed by atoms with Crippen LogP contribution in [-0.4, -0.2) is 39.5 Å². The van der Waals surface area contributed by atoms with Crippen molar-refractivity contribution in [3.8, 4) is 10.6 Å². The van der Waals surface area contributed by atoms with Crippen LogP contribution in [0.25, 0.3) is 10.6 Å². The van der Waals surface area contributed by atoms with Crippen LogP contribution in [0.5, 0.6) is 0 Å². The SMILES string of the molecule is O=C(O)C1CCCCN1C(=O)c1csc(-c2c(F)cccc2F)n1. The van der Waals surface area contributed by atoms with Crippen molar-refractivity contribution >= 4 is 23.2 Å². The Hall–Kier alpha value is -2.35. The summed E-state index contributed by atoms with van der Waals surface area (Å²) < 4.78 is 27.6. The number of benzene rings is 1. The highest BCUT2D eigenvalue weighted by Gasteiger charge is 2.33. The summed E-state index contributed by atoms with van der Waals surface area (Å²) in [5.74, 6) is -3.10. The van der Waals surface area contributed by atoms with Gasteiger partial charge in [0.1, 0.15) is 28.4 Å². The highest BCUT2D eigenvalue weighted by molar-refractivity contribution is 7.13. The molecule has 0 spiro atoms. The van der Waals surface area contributed by atoms with Crippen molar-refractivity contribution in [2.75, 3.05) is 6.54 Å². The van der Waals surface area contributed by atoms with E-state index in [4.69, 9.17) is 0 Å². The smallest absolute Gasteiger partial charge is 0.326 e. The van der Waals surface area contributed by atoms with E-state index in [-0.39, 0.29) is 16.3 Å². The van der Waals surface area contributed by atoms with Gasteiger partial charge in [-0.05, 0) is 31.4 Å². The number of halogens is 2. The first-order valence-corrected chi connectivity index (χ1v) is 8.30. The van der Waals surface area contributed by atoms with E-state index in [9.17, 15) is 23.5 Å². The summed E-state index contributed by atoms with van der Waals surface area (Å²) >= 11 is 0.947. The van der Waals surface area contributed by atoms with Gasteiger partial charge in [0.05, 0.1) is 5.56 Å². The van der Waals surface area contributed by atoms with Crippen LogP contribution in [0.1, 0.15) is 29.8 Å². The zero-order valence-electron chi connectivity index (χ0n) is 12.5. The Morgan fingerprint density at radius 1 is 1.25 bits per heavy atom. The molecule has 2 aromatic rings. The summed E-state index contributed by atoms with van der Waals surface area (Å²) in [5, 5.41) is 10.7. The number of carbonyl (C=O) groups excluding carboxylic acids is 1. The number of nitrogens with zero attached hydrogens (tertiary/aromatic N) is 2. The fourth-order valence-electron chi connectivity index (χ4n) is 2.77.